The van der Waals surface area contributed by atoms with Crippen molar-refractivity contribution in [1.29, 1.82) is 0 Å². The van der Waals surface area contributed by atoms with Crippen LogP contribution in [0.1, 0.15) is 11.1 Å². The highest BCUT2D eigenvalue weighted by Crippen LogP contribution is 2.13. The van der Waals surface area contributed by atoms with Gasteiger partial charge in [-0.15, -0.1) is 4.13 Å². The Bertz CT molecular complexity index is 912. The summed E-state index contributed by atoms with van der Waals surface area (Å²) < 4.78 is 51.0. The monoisotopic (exact) mass is 505 g/mol. The third kappa shape index (κ3) is 7.25. The molecule has 0 aromatic heterocycles. The van der Waals surface area contributed by atoms with E-state index in [0.29, 0.717) is 11.1 Å². The van der Waals surface area contributed by atoms with Crippen LogP contribution in [0.15, 0.2) is 68.3 Å². The van der Waals surface area contributed by atoms with Gasteiger partial charge in [-0.05, 0) is 47.5 Å². The molecule has 0 fully saturated rings. The lowest BCUT2D eigenvalue weighted by Crippen LogP contribution is -2.26. The summed E-state index contributed by atoms with van der Waals surface area (Å²) in [6, 6.07) is 13.8. The molecule has 25 heavy (non-hydrogen) atoms. The highest BCUT2D eigenvalue weighted by molar-refractivity contribution is 9.10. The number of nitrogens with one attached hydrogen (secondary N) is 1. The zero-order valence-corrected chi connectivity index (χ0v) is 17.4. The SMILES string of the molecule is O=S(=O)(C=Cc1ccc(Br)cc1)NS(=O)(=O)C=Cc1ccc(Br)cc1. The van der Waals surface area contributed by atoms with E-state index in [1.54, 1.807) is 52.7 Å². The fourth-order valence-electron chi connectivity index (χ4n) is 1.70. The third-order valence-corrected chi connectivity index (χ3v) is 6.76. The van der Waals surface area contributed by atoms with Gasteiger partial charge in [0, 0.05) is 19.8 Å². The molecular formula is C16H13Br2NO4S2. The molecule has 0 amide bonds. The van der Waals surface area contributed by atoms with Crippen LogP contribution in [0.25, 0.3) is 12.2 Å². The van der Waals surface area contributed by atoms with Gasteiger partial charge < -0.3 is 0 Å². The van der Waals surface area contributed by atoms with Crippen molar-refractivity contribution in [1.82, 2.24) is 4.13 Å². The zero-order valence-electron chi connectivity index (χ0n) is 12.6. The average molecular weight is 507 g/mol. The summed E-state index contributed by atoms with van der Waals surface area (Å²) >= 11 is 6.54. The highest BCUT2D eigenvalue weighted by Gasteiger charge is 2.15. The van der Waals surface area contributed by atoms with Crippen LogP contribution in [0, 0.1) is 0 Å². The molecule has 0 radical (unpaired) electrons. The molecule has 0 spiro atoms. The molecule has 0 atom stereocenters. The summed E-state index contributed by atoms with van der Waals surface area (Å²) in [5, 5.41) is 1.61. The normalized spacial score (nSPS) is 12.9. The van der Waals surface area contributed by atoms with Gasteiger partial charge in [0.05, 0.1) is 0 Å². The lowest BCUT2D eigenvalue weighted by Gasteiger charge is -2.01. The fourth-order valence-corrected chi connectivity index (χ4v) is 4.64. The largest absolute Gasteiger partial charge is 0.246 e. The van der Waals surface area contributed by atoms with Gasteiger partial charge in [-0.3, -0.25) is 0 Å². The summed E-state index contributed by atoms with van der Waals surface area (Å²) in [5.41, 5.74) is 1.24. The van der Waals surface area contributed by atoms with Crippen LogP contribution in [0.5, 0.6) is 0 Å². The standard InChI is InChI=1S/C16H13Br2NO4S2/c17-15-5-1-13(2-6-15)9-11-24(20,21)19-25(22,23)12-10-14-3-7-16(18)8-4-14/h1-12,19H. The Hall–Kier alpha value is -1.26. The smallest absolute Gasteiger partial charge is 0.207 e. The Labute approximate surface area is 163 Å². The average Bonchev–Trinajstić information content (AvgIpc) is 2.53. The molecule has 0 aliphatic rings. The molecule has 5 nitrogen and oxygen atoms in total. The Morgan fingerprint density at radius 2 is 0.960 bits per heavy atom. The number of hydrogen-bond acceptors (Lipinski definition) is 4. The van der Waals surface area contributed by atoms with E-state index in [1.807, 2.05) is 0 Å². The molecule has 132 valence electrons. The Kier molecular flexibility index (Phi) is 6.75. The number of halogens is 2. The van der Waals surface area contributed by atoms with Crippen molar-refractivity contribution < 1.29 is 16.8 Å². The first-order valence-corrected chi connectivity index (χ1v) is 11.5. The summed E-state index contributed by atoms with van der Waals surface area (Å²) in [5.74, 6) is 0. The Balaban J connectivity index is 2.09. The maximum absolute atomic E-state index is 11.9. The van der Waals surface area contributed by atoms with Crippen LogP contribution in [0.4, 0.5) is 0 Å². The molecule has 0 saturated heterocycles. The van der Waals surface area contributed by atoms with E-state index in [2.05, 4.69) is 31.9 Å². The molecule has 0 unspecified atom stereocenters. The molecule has 0 aliphatic carbocycles. The van der Waals surface area contributed by atoms with Crippen molar-refractivity contribution >= 4 is 64.1 Å². The Morgan fingerprint density at radius 1 is 0.640 bits per heavy atom. The van der Waals surface area contributed by atoms with Crippen molar-refractivity contribution in [3.8, 4) is 0 Å². The molecule has 2 rings (SSSR count). The van der Waals surface area contributed by atoms with E-state index in [-0.39, 0.29) is 0 Å². The summed E-state index contributed by atoms with van der Waals surface area (Å²) in [7, 11) is -8.30. The molecule has 0 bridgehead atoms. The minimum atomic E-state index is -4.15. The molecule has 0 saturated carbocycles. The first-order valence-electron chi connectivity index (χ1n) is 6.81. The van der Waals surface area contributed by atoms with Crippen molar-refractivity contribution in [2.75, 3.05) is 0 Å². The number of hydrogen-bond donors (Lipinski definition) is 1. The van der Waals surface area contributed by atoms with E-state index >= 15 is 0 Å². The molecule has 1 N–H and O–H groups in total. The van der Waals surface area contributed by atoms with E-state index in [9.17, 15) is 16.8 Å². The Morgan fingerprint density at radius 3 is 1.28 bits per heavy atom. The van der Waals surface area contributed by atoms with E-state index in [1.165, 1.54) is 12.2 Å². The first kappa shape index (κ1) is 20.1. The maximum Gasteiger partial charge on any atom is 0.246 e. The quantitative estimate of drug-likeness (QED) is 0.639. The first-order chi connectivity index (χ1) is 11.7. The molecule has 0 heterocycles. The van der Waals surface area contributed by atoms with Gasteiger partial charge in [0.25, 0.3) is 0 Å². The molecule has 0 aliphatic heterocycles. The van der Waals surface area contributed by atoms with Crippen molar-refractivity contribution in [3.05, 3.63) is 79.4 Å². The van der Waals surface area contributed by atoms with Crippen molar-refractivity contribution in [3.63, 3.8) is 0 Å². The second kappa shape index (κ2) is 8.41. The van der Waals surface area contributed by atoms with Gasteiger partial charge in [-0.2, -0.15) is 0 Å². The van der Waals surface area contributed by atoms with Crippen molar-refractivity contribution in [2.45, 2.75) is 0 Å². The number of sulfonamides is 2. The maximum atomic E-state index is 11.9. The number of benzene rings is 2. The van der Waals surface area contributed by atoms with Crippen molar-refractivity contribution in [2.24, 2.45) is 0 Å². The molecule has 2 aromatic rings. The van der Waals surface area contributed by atoms with Crippen LogP contribution < -0.4 is 4.13 Å². The second-order valence-corrected chi connectivity index (χ2v) is 10.1. The minimum absolute atomic E-state index is 0.622. The van der Waals surface area contributed by atoms with Crippen LogP contribution in [-0.4, -0.2) is 16.8 Å². The lowest BCUT2D eigenvalue weighted by atomic mass is 10.2. The zero-order chi connectivity index (χ0) is 18.5. The van der Waals surface area contributed by atoms with Gasteiger partial charge in [0.1, 0.15) is 0 Å². The van der Waals surface area contributed by atoms with Crippen LogP contribution >= 0.6 is 31.9 Å². The molecule has 9 heteroatoms. The molecular weight excluding hydrogens is 494 g/mol. The van der Waals surface area contributed by atoms with E-state index in [0.717, 1.165) is 19.8 Å². The van der Waals surface area contributed by atoms with E-state index in [4.69, 9.17) is 0 Å². The van der Waals surface area contributed by atoms with E-state index < -0.39 is 20.0 Å². The van der Waals surface area contributed by atoms with Crippen LogP contribution in [0.2, 0.25) is 0 Å². The topological polar surface area (TPSA) is 80.3 Å². The summed E-state index contributed by atoms with van der Waals surface area (Å²) in [4.78, 5) is 0. The van der Waals surface area contributed by atoms with Crippen LogP contribution in [-0.2, 0) is 20.0 Å². The van der Waals surface area contributed by atoms with Gasteiger partial charge >= 0.3 is 0 Å². The molecule has 2 aromatic carbocycles. The van der Waals surface area contributed by atoms with Gasteiger partial charge in [-0.25, -0.2) is 16.8 Å². The van der Waals surface area contributed by atoms with Crippen LogP contribution in [0.3, 0.4) is 0 Å². The number of rotatable bonds is 6. The lowest BCUT2D eigenvalue weighted by molar-refractivity contribution is 0.587. The predicted molar refractivity (Wildman–Crippen MR) is 107 cm³/mol. The fraction of sp³-hybridized carbons (Fsp3) is 0. The third-order valence-electron chi connectivity index (χ3n) is 2.85. The summed E-state index contributed by atoms with van der Waals surface area (Å²) in [6.45, 7) is 0. The summed E-state index contributed by atoms with van der Waals surface area (Å²) in [6.07, 6.45) is 2.62. The predicted octanol–water partition coefficient (Wildman–Crippen LogP) is 4.10. The second-order valence-electron chi connectivity index (χ2n) is 4.88. The van der Waals surface area contributed by atoms with Gasteiger partial charge in [0.15, 0.2) is 0 Å². The van der Waals surface area contributed by atoms with Gasteiger partial charge in [-0.1, -0.05) is 56.1 Å². The minimum Gasteiger partial charge on any atom is -0.207 e. The highest BCUT2D eigenvalue weighted by atomic mass is 79.9. The van der Waals surface area contributed by atoms with Gasteiger partial charge in [0.2, 0.25) is 20.0 Å².